The van der Waals surface area contributed by atoms with Crippen LogP contribution in [0.3, 0.4) is 0 Å². The minimum Gasteiger partial charge on any atom is -0.444 e. The fourth-order valence-electron chi connectivity index (χ4n) is 4.72. The van der Waals surface area contributed by atoms with E-state index >= 15 is 0 Å². The molecule has 2 atom stereocenters. The molecule has 1 aromatic rings. The largest absolute Gasteiger partial charge is 0.444 e. The first-order valence-corrected chi connectivity index (χ1v) is 11.7. The summed E-state index contributed by atoms with van der Waals surface area (Å²) in [5.74, 6) is 0.110. The number of alkyl halides is 3. The van der Waals surface area contributed by atoms with Gasteiger partial charge in [-0.15, -0.1) is 0 Å². The van der Waals surface area contributed by atoms with Crippen molar-refractivity contribution in [3.05, 3.63) is 18.0 Å². The lowest BCUT2D eigenvalue weighted by Gasteiger charge is -2.41. The molecule has 2 fully saturated rings. The van der Waals surface area contributed by atoms with E-state index in [1.807, 2.05) is 13.8 Å². The van der Waals surface area contributed by atoms with Gasteiger partial charge in [0.05, 0.1) is 5.41 Å². The van der Waals surface area contributed by atoms with Crippen molar-refractivity contribution in [1.82, 2.24) is 20.2 Å². The molecule has 2 amide bonds. The number of hydrogen-bond acceptors (Lipinski definition) is 6. The predicted octanol–water partition coefficient (Wildman–Crippen LogP) is 3.86. The van der Waals surface area contributed by atoms with Crippen molar-refractivity contribution in [2.45, 2.75) is 71.7 Å². The van der Waals surface area contributed by atoms with Crippen LogP contribution >= 0.6 is 0 Å². The van der Waals surface area contributed by atoms with Crippen LogP contribution in [0.4, 0.5) is 23.9 Å². The average molecular weight is 486 g/mol. The first-order chi connectivity index (χ1) is 15.7. The third kappa shape index (κ3) is 5.90. The Hall–Kier alpha value is -2.59. The van der Waals surface area contributed by atoms with E-state index in [1.54, 1.807) is 30.6 Å². The van der Waals surface area contributed by atoms with Crippen molar-refractivity contribution in [1.29, 1.82) is 0 Å². The number of alkyl carbamates (subject to hydrolysis) is 1. The molecule has 8 nitrogen and oxygen atoms in total. The van der Waals surface area contributed by atoms with E-state index in [-0.39, 0.29) is 23.8 Å². The molecule has 190 valence electrons. The third-order valence-corrected chi connectivity index (χ3v) is 6.58. The van der Waals surface area contributed by atoms with Crippen LogP contribution in [0.1, 0.15) is 59.6 Å². The van der Waals surface area contributed by atoms with Gasteiger partial charge in [-0.25, -0.2) is 14.8 Å². The topological polar surface area (TPSA) is 87.7 Å². The van der Waals surface area contributed by atoms with Crippen molar-refractivity contribution >= 4 is 17.9 Å². The zero-order chi connectivity index (χ0) is 25.3. The Balaban J connectivity index is 1.63. The van der Waals surface area contributed by atoms with Gasteiger partial charge in [0.1, 0.15) is 11.3 Å². The fourth-order valence-corrected chi connectivity index (χ4v) is 4.72. The minimum atomic E-state index is -4.54. The molecule has 0 bridgehead atoms. The number of hydrogen-bond donors (Lipinski definition) is 1. The smallest absolute Gasteiger partial charge is 0.433 e. The normalized spacial score (nSPS) is 23.9. The van der Waals surface area contributed by atoms with E-state index in [1.165, 1.54) is 0 Å². The summed E-state index contributed by atoms with van der Waals surface area (Å²) in [6, 6.07) is 0.693. The molecule has 2 heterocycles. The van der Waals surface area contributed by atoms with E-state index in [0.29, 0.717) is 45.4 Å². The summed E-state index contributed by atoms with van der Waals surface area (Å²) in [6.07, 6.45) is -2.06. The maximum atomic E-state index is 13.6. The number of anilines is 1. The lowest BCUT2D eigenvalue weighted by molar-refractivity contribution is -0.145. The molecule has 0 aromatic carbocycles. The summed E-state index contributed by atoms with van der Waals surface area (Å²) in [5.41, 5.74) is -2.19. The van der Waals surface area contributed by atoms with Crippen molar-refractivity contribution in [3.8, 4) is 0 Å². The van der Waals surface area contributed by atoms with E-state index in [2.05, 4.69) is 15.3 Å². The van der Waals surface area contributed by atoms with Gasteiger partial charge in [0.2, 0.25) is 11.9 Å². The number of halogens is 3. The molecule has 1 saturated heterocycles. The second-order valence-corrected chi connectivity index (χ2v) is 10.4. The van der Waals surface area contributed by atoms with Crippen LogP contribution in [0, 0.1) is 11.3 Å². The first kappa shape index (κ1) is 26.0. The minimum absolute atomic E-state index is 0.0167. The van der Waals surface area contributed by atoms with Crippen LogP contribution in [0.25, 0.3) is 0 Å². The monoisotopic (exact) mass is 485 g/mol. The summed E-state index contributed by atoms with van der Waals surface area (Å²) >= 11 is 0. The maximum absolute atomic E-state index is 13.6. The molecule has 2 aliphatic rings. The number of nitrogens with one attached hydrogen (secondary N) is 1. The number of ether oxygens (including phenoxy) is 1. The van der Waals surface area contributed by atoms with Crippen LogP contribution in [-0.4, -0.2) is 64.7 Å². The Morgan fingerprint density at radius 3 is 2.38 bits per heavy atom. The van der Waals surface area contributed by atoms with E-state index in [9.17, 15) is 22.8 Å². The molecule has 0 unspecified atom stereocenters. The Bertz CT molecular complexity index is 895. The van der Waals surface area contributed by atoms with Crippen molar-refractivity contribution in [2.75, 3.05) is 31.1 Å². The highest BCUT2D eigenvalue weighted by molar-refractivity contribution is 5.84. The van der Waals surface area contributed by atoms with E-state index < -0.39 is 29.0 Å². The highest BCUT2D eigenvalue weighted by atomic mass is 19.4. The van der Waals surface area contributed by atoms with Gasteiger partial charge in [0.25, 0.3) is 0 Å². The van der Waals surface area contributed by atoms with Crippen molar-refractivity contribution in [2.24, 2.45) is 11.3 Å². The van der Waals surface area contributed by atoms with Crippen LogP contribution in [0.5, 0.6) is 0 Å². The molecule has 1 aliphatic carbocycles. The number of piperazine rings is 1. The molecule has 0 radical (unpaired) electrons. The standard InChI is InChI=1S/C23H34F3N5O3/c1-15(2)22(8-6-16(14-22)28-20(33)34-21(3,4)5)18(32)30-10-12-31(13-11-30)19-27-9-7-17(29-19)23(24,25)26/h7,9,15-16H,6,8,10-14H2,1-5H3,(H,28,33)/t16-,22+/m1/s1. The molecule has 11 heteroatoms. The second-order valence-electron chi connectivity index (χ2n) is 10.4. The maximum Gasteiger partial charge on any atom is 0.433 e. The number of carbonyl (C=O) groups excluding carboxylic acids is 2. The zero-order valence-corrected chi connectivity index (χ0v) is 20.4. The summed E-state index contributed by atoms with van der Waals surface area (Å²) in [4.78, 5) is 36.9. The summed E-state index contributed by atoms with van der Waals surface area (Å²) in [5, 5.41) is 2.90. The SMILES string of the molecule is CC(C)[C@]1(C(=O)N2CCN(c3nccc(C(F)(F)F)n3)CC2)CC[C@@H](NC(=O)OC(C)(C)C)C1. The Kier molecular flexibility index (Phi) is 7.33. The lowest BCUT2D eigenvalue weighted by Crippen LogP contribution is -2.54. The first-order valence-electron chi connectivity index (χ1n) is 11.7. The number of aromatic nitrogens is 2. The Morgan fingerprint density at radius 1 is 1.18 bits per heavy atom. The number of carbonyl (C=O) groups is 2. The quantitative estimate of drug-likeness (QED) is 0.697. The lowest BCUT2D eigenvalue weighted by atomic mass is 9.74. The van der Waals surface area contributed by atoms with Crippen LogP contribution in [-0.2, 0) is 15.7 Å². The van der Waals surface area contributed by atoms with Gasteiger partial charge < -0.3 is 19.9 Å². The number of rotatable bonds is 4. The predicted molar refractivity (Wildman–Crippen MR) is 120 cm³/mol. The molecule has 0 spiro atoms. The number of amides is 2. The molecule has 1 N–H and O–H groups in total. The Labute approximate surface area is 198 Å². The van der Waals surface area contributed by atoms with E-state index in [4.69, 9.17) is 4.74 Å². The van der Waals surface area contributed by atoms with Gasteiger partial charge >= 0.3 is 12.3 Å². The average Bonchev–Trinajstić information content (AvgIpc) is 3.16. The Morgan fingerprint density at radius 2 is 1.82 bits per heavy atom. The van der Waals surface area contributed by atoms with Gasteiger partial charge in [-0.05, 0) is 52.0 Å². The highest BCUT2D eigenvalue weighted by Gasteiger charge is 2.50. The van der Waals surface area contributed by atoms with Crippen LogP contribution in [0.2, 0.25) is 0 Å². The van der Waals surface area contributed by atoms with Crippen molar-refractivity contribution in [3.63, 3.8) is 0 Å². The molecule has 3 rings (SSSR count). The molecule has 1 saturated carbocycles. The van der Waals surface area contributed by atoms with Gasteiger partial charge in [-0.3, -0.25) is 4.79 Å². The summed E-state index contributed by atoms with van der Waals surface area (Å²) in [6.45, 7) is 10.9. The fraction of sp³-hybridized carbons (Fsp3) is 0.739. The van der Waals surface area contributed by atoms with E-state index in [0.717, 1.165) is 12.3 Å². The van der Waals surface area contributed by atoms with Gasteiger partial charge in [0, 0.05) is 38.4 Å². The molecule has 34 heavy (non-hydrogen) atoms. The van der Waals surface area contributed by atoms with Gasteiger partial charge in [0.15, 0.2) is 0 Å². The zero-order valence-electron chi connectivity index (χ0n) is 20.4. The van der Waals surface area contributed by atoms with Gasteiger partial charge in [-0.2, -0.15) is 13.2 Å². The number of nitrogens with zero attached hydrogens (tertiary/aromatic N) is 4. The third-order valence-electron chi connectivity index (χ3n) is 6.58. The molecule has 1 aliphatic heterocycles. The molecular weight excluding hydrogens is 451 g/mol. The van der Waals surface area contributed by atoms with Crippen LogP contribution in [0.15, 0.2) is 12.3 Å². The summed E-state index contributed by atoms with van der Waals surface area (Å²) in [7, 11) is 0. The van der Waals surface area contributed by atoms with Crippen LogP contribution < -0.4 is 10.2 Å². The summed E-state index contributed by atoms with van der Waals surface area (Å²) < 4.78 is 44.3. The highest BCUT2D eigenvalue weighted by Crippen LogP contribution is 2.46. The molecule has 1 aromatic heterocycles. The molecular formula is C23H34F3N5O3. The second kappa shape index (κ2) is 9.58. The van der Waals surface area contributed by atoms with Crippen molar-refractivity contribution < 1.29 is 27.5 Å². The van der Waals surface area contributed by atoms with Gasteiger partial charge in [-0.1, -0.05) is 13.8 Å².